The third kappa shape index (κ3) is 4.17. The summed E-state index contributed by atoms with van der Waals surface area (Å²) in [6.07, 6.45) is 7.09. The average Bonchev–Trinajstić information content (AvgIpc) is 3.14. The van der Waals surface area contributed by atoms with Crippen molar-refractivity contribution in [3.05, 3.63) is 50.7 Å². The molecule has 2 aromatic heterocycles. The second-order valence-corrected chi connectivity index (χ2v) is 8.65. The predicted molar refractivity (Wildman–Crippen MR) is 113 cm³/mol. The van der Waals surface area contributed by atoms with Crippen molar-refractivity contribution in [3.8, 4) is 0 Å². The lowest BCUT2D eigenvalue weighted by Crippen LogP contribution is -2.37. The molecule has 160 valence electrons. The van der Waals surface area contributed by atoms with Crippen LogP contribution in [0.25, 0.3) is 0 Å². The minimum atomic E-state index is -0.332. The van der Waals surface area contributed by atoms with Gasteiger partial charge in [0.1, 0.15) is 5.56 Å². The summed E-state index contributed by atoms with van der Waals surface area (Å²) < 4.78 is 1.88. The van der Waals surface area contributed by atoms with Crippen molar-refractivity contribution >= 4 is 11.8 Å². The summed E-state index contributed by atoms with van der Waals surface area (Å²) in [5, 5.41) is 10.2. The smallest absolute Gasteiger partial charge is 0.261 e. The van der Waals surface area contributed by atoms with Crippen LogP contribution in [0, 0.1) is 5.92 Å². The van der Waals surface area contributed by atoms with E-state index < -0.39 is 0 Å². The molecule has 0 unspecified atom stereocenters. The van der Waals surface area contributed by atoms with Crippen molar-refractivity contribution in [2.45, 2.75) is 65.0 Å². The first-order valence-electron chi connectivity index (χ1n) is 10.8. The predicted octanol–water partition coefficient (Wildman–Crippen LogP) is 1.58. The molecule has 0 aromatic carbocycles. The van der Waals surface area contributed by atoms with E-state index in [1.807, 2.05) is 18.5 Å². The van der Waals surface area contributed by atoms with Gasteiger partial charge in [-0.25, -0.2) is 0 Å². The van der Waals surface area contributed by atoms with Crippen LogP contribution < -0.4 is 16.2 Å². The number of carbonyl (C=O) groups is 2. The Bertz CT molecular complexity index is 1020. The fraction of sp³-hybridized carbons (Fsp3) is 0.545. The lowest BCUT2D eigenvalue weighted by atomic mass is 9.93. The molecule has 0 fully saturated rings. The highest BCUT2D eigenvalue weighted by atomic mass is 16.2. The van der Waals surface area contributed by atoms with E-state index in [0.29, 0.717) is 25.1 Å². The normalized spacial score (nSPS) is 17.9. The maximum Gasteiger partial charge on any atom is 0.261 e. The molecule has 30 heavy (non-hydrogen) atoms. The standard InChI is InChI=1S/C22H29N5O3/c1-13(2)25-22(30)17-12-24-27-8-7-14(9-19(17)27)11-23-20(28)16-10-15-5-3-4-6-18(15)26-21(16)29/h10,12-14H,3-9,11H2,1-2H3,(H,23,28)(H,25,30)(H,26,29)/t14-/m0/s1. The number of rotatable bonds is 5. The molecule has 1 aliphatic carbocycles. The summed E-state index contributed by atoms with van der Waals surface area (Å²) in [5.74, 6) is -0.251. The van der Waals surface area contributed by atoms with Gasteiger partial charge in [-0.05, 0) is 69.9 Å². The molecule has 0 saturated carbocycles. The first kappa shape index (κ1) is 20.4. The topological polar surface area (TPSA) is 109 Å². The summed E-state index contributed by atoms with van der Waals surface area (Å²) >= 11 is 0. The largest absolute Gasteiger partial charge is 0.352 e. The quantitative estimate of drug-likeness (QED) is 0.694. The Labute approximate surface area is 175 Å². The van der Waals surface area contributed by atoms with Gasteiger partial charge >= 0.3 is 0 Å². The SMILES string of the molecule is CC(C)NC(=O)c1cnn2c1C[C@@H](CNC(=O)c1cc3c([nH]c1=O)CCCC3)CC2. The molecule has 8 heteroatoms. The zero-order valence-electron chi connectivity index (χ0n) is 17.6. The lowest BCUT2D eigenvalue weighted by Gasteiger charge is -2.24. The summed E-state index contributed by atoms with van der Waals surface area (Å²) in [6.45, 7) is 5.03. The van der Waals surface area contributed by atoms with Crippen molar-refractivity contribution in [3.63, 3.8) is 0 Å². The van der Waals surface area contributed by atoms with Crippen LogP contribution in [0.2, 0.25) is 0 Å². The third-order valence-electron chi connectivity index (χ3n) is 5.98. The zero-order valence-corrected chi connectivity index (χ0v) is 17.6. The number of pyridine rings is 1. The molecule has 3 heterocycles. The highest BCUT2D eigenvalue weighted by molar-refractivity contribution is 5.95. The fourth-order valence-electron chi connectivity index (χ4n) is 4.38. The molecule has 1 atom stereocenters. The Morgan fingerprint density at radius 2 is 2.03 bits per heavy atom. The molecule has 0 saturated heterocycles. The van der Waals surface area contributed by atoms with E-state index in [-0.39, 0.29) is 34.9 Å². The number of aromatic nitrogens is 3. The molecule has 0 radical (unpaired) electrons. The molecule has 8 nitrogen and oxygen atoms in total. The maximum atomic E-state index is 12.7. The highest BCUT2D eigenvalue weighted by Crippen LogP contribution is 2.23. The van der Waals surface area contributed by atoms with Crippen LogP contribution in [-0.4, -0.2) is 39.2 Å². The molecule has 4 rings (SSSR count). The van der Waals surface area contributed by atoms with E-state index in [1.54, 1.807) is 12.3 Å². The van der Waals surface area contributed by atoms with Crippen molar-refractivity contribution in [1.29, 1.82) is 0 Å². The van der Waals surface area contributed by atoms with Gasteiger partial charge in [-0.15, -0.1) is 0 Å². The second-order valence-electron chi connectivity index (χ2n) is 8.65. The Hall–Kier alpha value is -2.90. The number of hydrogen-bond donors (Lipinski definition) is 3. The number of fused-ring (bicyclic) bond motifs is 2. The molecule has 0 bridgehead atoms. The number of nitrogens with zero attached hydrogens (tertiary/aromatic N) is 2. The number of amides is 2. The number of H-pyrrole nitrogens is 1. The molecule has 3 N–H and O–H groups in total. The van der Waals surface area contributed by atoms with Gasteiger partial charge in [0.25, 0.3) is 17.4 Å². The molecule has 0 spiro atoms. The van der Waals surface area contributed by atoms with Gasteiger partial charge in [-0.2, -0.15) is 5.10 Å². The van der Waals surface area contributed by atoms with Crippen LogP contribution in [0.4, 0.5) is 0 Å². The summed E-state index contributed by atoms with van der Waals surface area (Å²) in [7, 11) is 0. The minimum absolute atomic E-state index is 0.0569. The van der Waals surface area contributed by atoms with E-state index in [4.69, 9.17) is 0 Å². The number of hydrogen-bond acceptors (Lipinski definition) is 4. The van der Waals surface area contributed by atoms with Crippen LogP contribution >= 0.6 is 0 Å². The van der Waals surface area contributed by atoms with Crippen molar-refractivity contribution in [1.82, 2.24) is 25.4 Å². The lowest BCUT2D eigenvalue weighted by molar-refractivity contribution is 0.0929. The minimum Gasteiger partial charge on any atom is -0.352 e. The number of nitrogens with one attached hydrogen (secondary N) is 3. The summed E-state index contributed by atoms with van der Waals surface area (Å²) in [4.78, 5) is 40.3. The first-order chi connectivity index (χ1) is 14.4. The van der Waals surface area contributed by atoms with Crippen molar-refractivity contribution in [2.75, 3.05) is 6.54 Å². The van der Waals surface area contributed by atoms with E-state index in [9.17, 15) is 14.4 Å². The first-order valence-corrected chi connectivity index (χ1v) is 10.8. The molecule has 2 aliphatic rings. The van der Waals surface area contributed by atoms with E-state index >= 15 is 0 Å². The van der Waals surface area contributed by atoms with Crippen LogP contribution in [0.15, 0.2) is 17.1 Å². The van der Waals surface area contributed by atoms with Crippen LogP contribution in [0.3, 0.4) is 0 Å². The van der Waals surface area contributed by atoms with E-state index in [2.05, 4.69) is 20.7 Å². The molecular weight excluding hydrogens is 382 g/mol. The Kier molecular flexibility index (Phi) is 5.74. The molecular formula is C22H29N5O3. The van der Waals surface area contributed by atoms with Crippen LogP contribution in [0.1, 0.15) is 70.8 Å². The van der Waals surface area contributed by atoms with E-state index in [0.717, 1.165) is 49.1 Å². The molecule has 2 amide bonds. The monoisotopic (exact) mass is 411 g/mol. The summed E-state index contributed by atoms with van der Waals surface area (Å²) in [6, 6.07) is 1.81. The Balaban J connectivity index is 1.41. The summed E-state index contributed by atoms with van der Waals surface area (Å²) in [5.41, 5.74) is 3.43. The number of aryl methyl sites for hydroxylation is 3. The van der Waals surface area contributed by atoms with E-state index in [1.165, 1.54) is 0 Å². The van der Waals surface area contributed by atoms with Gasteiger partial charge in [0.05, 0.1) is 17.5 Å². The van der Waals surface area contributed by atoms with Crippen molar-refractivity contribution < 1.29 is 9.59 Å². The van der Waals surface area contributed by atoms with Gasteiger partial charge in [0.15, 0.2) is 0 Å². The number of aromatic amines is 1. The number of carbonyl (C=O) groups excluding carboxylic acids is 2. The van der Waals surface area contributed by atoms with Gasteiger partial charge in [0.2, 0.25) is 0 Å². The van der Waals surface area contributed by atoms with Gasteiger partial charge in [0, 0.05) is 24.8 Å². The zero-order chi connectivity index (χ0) is 21.3. The van der Waals surface area contributed by atoms with Gasteiger partial charge in [-0.3, -0.25) is 19.1 Å². The van der Waals surface area contributed by atoms with Gasteiger partial charge < -0.3 is 15.6 Å². The molecule has 2 aromatic rings. The molecule has 1 aliphatic heterocycles. The Morgan fingerprint density at radius 1 is 1.23 bits per heavy atom. The third-order valence-corrected chi connectivity index (χ3v) is 5.98. The fourth-order valence-corrected chi connectivity index (χ4v) is 4.38. The maximum absolute atomic E-state index is 12.7. The average molecular weight is 412 g/mol. The second kappa shape index (κ2) is 8.45. The van der Waals surface area contributed by atoms with Crippen LogP contribution in [-0.2, 0) is 25.8 Å². The van der Waals surface area contributed by atoms with Crippen LogP contribution in [0.5, 0.6) is 0 Å². The van der Waals surface area contributed by atoms with Gasteiger partial charge in [-0.1, -0.05) is 0 Å². The Morgan fingerprint density at radius 3 is 2.83 bits per heavy atom. The highest BCUT2D eigenvalue weighted by Gasteiger charge is 2.26. The van der Waals surface area contributed by atoms with Crippen molar-refractivity contribution in [2.24, 2.45) is 5.92 Å².